The van der Waals surface area contributed by atoms with Crippen molar-refractivity contribution in [3.8, 4) is 0 Å². The van der Waals surface area contributed by atoms with E-state index in [1.165, 1.54) is 37.9 Å². The van der Waals surface area contributed by atoms with Gasteiger partial charge in [-0.2, -0.15) is 0 Å². The molecule has 2 nitrogen and oxygen atoms in total. The second kappa shape index (κ2) is 7.34. The molecule has 3 unspecified atom stereocenters. The molecule has 0 bridgehead atoms. The van der Waals surface area contributed by atoms with Crippen molar-refractivity contribution in [3.05, 3.63) is 24.3 Å². The van der Waals surface area contributed by atoms with Gasteiger partial charge in [0.05, 0.1) is 11.5 Å². The zero-order chi connectivity index (χ0) is 14.5. The zero-order valence-electron chi connectivity index (χ0n) is 13.2. The van der Waals surface area contributed by atoms with Gasteiger partial charge >= 0.3 is 0 Å². The average Bonchev–Trinajstić information content (AvgIpc) is 3.03. The van der Waals surface area contributed by atoms with Gasteiger partial charge in [0.25, 0.3) is 0 Å². The topological polar surface area (TPSA) is 21.3 Å². The van der Waals surface area contributed by atoms with Crippen molar-refractivity contribution in [2.24, 2.45) is 11.3 Å². The summed E-state index contributed by atoms with van der Waals surface area (Å²) >= 11 is 2.04. The van der Waals surface area contributed by atoms with Gasteiger partial charge in [-0.3, -0.25) is 0 Å². The van der Waals surface area contributed by atoms with Crippen LogP contribution in [0.3, 0.4) is 0 Å². The molecule has 1 heterocycles. The van der Waals surface area contributed by atoms with Crippen LogP contribution in [0.4, 0.5) is 0 Å². The molecular weight excluding hydrogens is 278 g/mol. The fourth-order valence-electron chi connectivity index (χ4n) is 3.81. The highest BCUT2D eigenvalue weighted by molar-refractivity contribution is 8.00. The van der Waals surface area contributed by atoms with Gasteiger partial charge in [-0.25, -0.2) is 0 Å². The van der Waals surface area contributed by atoms with Crippen LogP contribution in [0, 0.1) is 11.3 Å². The van der Waals surface area contributed by atoms with Gasteiger partial charge in [-0.05, 0) is 25.2 Å². The molecule has 2 fully saturated rings. The van der Waals surface area contributed by atoms with Crippen molar-refractivity contribution in [2.75, 3.05) is 18.9 Å². The monoisotopic (exact) mass is 307 g/mol. The van der Waals surface area contributed by atoms with Gasteiger partial charge in [0.15, 0.2) is 0 Å². The predicted molar refractivity (Wildman–Crippen MR) is 91.6 cm³/mol. The summed E-state index contributed by atoms with van der Waals surface area (Å²) in [5.74, 6) is 2.00. The number of rotatable bonds is 5. The standard InChI is InChI=1S/C18H29NOS/c1-18(10-6-3-7-11-18)16(17-19-12-13-21-17)20-14-15-8-4-2-5-9-15/h3,6-7,10,15-17,19H,2,4-5,8-9,11-14H2,1H3. The lowest BCUT2D eigenvalue weighted by Gasteiger charge is -2.39. The molecule has 118 valence electrons. The van der Waals surface area contributed by atoms with Crippen LogP contribution in [-0.4, -0.2) is 30.4 Å². The summed E-state index contributed by atoms with van der Waals surface area (Å²) in [6, 6.07) is 0. The van der Waals surface area contributed by atoms with Crippen LogP contribution in [0.1, 0.15) is 45.4 Å². The first-order valence-corrected chi connectivity index (χ1v) is 9.64. The summed E-state index contributed by atoms with van der Waals surface area (Å²) in [5, 5.41) is 4.10. The smallest absolute Gasteiger partial charge is 0.0912 e. The molecule has 3 heteroatoms. The first kappa shape index (κ1) is 15.6. The lowest BCUT2D eigenvalue weighted by molar-refractivity contribution is -0.0372. The fourth-order valence-corrected chi connectivity index (χ4v) is 5.10. The molecule has 0 aromatic heterocycles. The maximum absolute atomic E-state index is 6.54. The average molecular weight is 308 g/mol. The van der Waals surface area contributed by atoms with Crippen LogP contribution in [0.2, 0.25) is 0 Å². The molecule has 2 aliphatic carbocycles. The van der Waals surface area contributed by atoms with E-state index in [0.29, 0.717) is 5.37 Å². The minimum atomic E-state index is 0.137. The Morgan fingerprint density at radius 2 is 2.14 bits per heavy atom. The van der Waals surface area contributed by atoms with E-state index in [4.69, 9.17) is 4.74 Å². The van der Waals surface area contributed by atoms with E-state index >= 15 is 0 Å². The summed E-state index contributed by atoms with van der Waals surface area (Å²) in [6.45, 7) is 4.43. The van der Waals surface area contributed by atoms with E-state index in [1.54, 1.807) is 0 Å². The third-order valence-electron chi connectivity index (χ3n) is 5.19. The highest BCUT2D eigenvalue weighted by atomic mass is 32.2. The van der Waals surface area contributed by atoms with Gasteiger partial charge in [0, 0.05) is 24.3 Å². The first-order valence-electron chi connectivity index (χ1n) is 8.59. The van der Waals surface area contributed by atoms with Crippen molar-refractivity contribution in [3.63, 3.8) is 0 Å². The largest absolute Gasteiger partial charge is 0.375 e. The van der Waals surface area contributed by atoms with Crippen LogP contribution in [0.5, 0.6) is 0 Å². The van der Waals surface area contributed by atoms with Gasteiger partial charge in [-0.1, -0.05) is 50.5 Å². The molecule has 3 rings (SSSR count). The molecular formula is C18H29NOS. The van der Waals surface area contributed by atoms with Crippen LogP contribution >= 0.6 is 11.8 Å². The number of hydrogen-bond acceptors (Lipinski definition) is 3. The molecule has 3 aliphatic rings. The van der Waals surface area contributed by atoms with Crippen LogP contribution in [0.25, 0.3) is 0 Å². The quantitative estimate of drug-likeness (QED) is 0.825. The zero-order valence-corrected chi connectivity index (χ0v) is 14.0. The van der Waals surface area contributed by atoms with Crippen LogP contribution in [0.15, 0.2) is 24.3 Å². The van der Waals surface area contributed by atoms with Crippen LogP contribution in [-0.2, 0) is 4.74 Å². The van der Waals surface area contributed by atoms with E-state index in [2.05, 4.69) is 36.5 Å². The number of hydrogen-bond donors (Lipinski definition) is 1. The third kappa shape index (κ3) is 3.94. The van der Waals surface area contributed by atoms with Crippen molar-refractivity contribution in [1.29, 1.82) is 0 Å². The molecule has 0 radical (unpaired) electrons. The molecule has 1 saturated carbocycles. The van der Waals surface area contributed by atoms with E-state index in [0.717, 1.165) is 25.5 Å². The van der Waals surface area contributed by atoms with E-state index in [9.17, 15) is 0 Å². The maximum atomic E-state index is 6.54. The summed E-state index contributed by atoms with van der Waals surface area (Å²) in [7, 11) is 0. The molecule has 1 aliphatic heterocycles. The molecule has 21 heavy (non-hydrogen) atoms. The van der Waals surface area contributed by atoms with Crippen molar-refractivity contribution >= 4 is 11.8 Å². The van der Waals surface area contributed by atoms with Crippen molar-refractivity contribution < 1.29 is 4.74 Å². The Labute approximate surface area is 133 Å². The second-order valence-electron chi connectivity index (χ2n) is 7.00. The molecule has 3 atom stereocenters. The number of ether oxygens (including phenoxy) is 1. The molecule has 0 spiro atoms. The van der Waals surface area contributed by atoms with E-state index in [1.807, 2.05) is 11.8 Å². The normalized spacial score (nSPS) is 35.2. The number of allylic oxidation sites excluding steroid dienone is 3. The summed E-state index contributed by atoms with van der Waals surface area (Å²) in [6.07, 6.45) is 17.3. The van der Waals surface area contributed by atoms with Gasteiger partial charge in [0.1, 0.15) is 0 Å². The Morgan fingerprint density at radius 3 is 2.81 bits per heavy atom. The Balaban J connectivity index is 1.64. The van der Waals surface area contributed by atoms with Gasteiger partial charge in [0.2, 0.25) is 0 Å². The van der Waals surface area contributed by atoms with Gasteiger partial charge in [-0.15, -0.1) is 11.8 Å². The summed E-state index contributed by atoms with van der Waals surface area (Å²) in [4.78, 5) is 0. The number of nitrogens with one attached hydrogen (secondary N) is 1. The summed E-state index contributed by atoms with van der Waals surface area (Å²) < 4.78 is 6.54. The summed E-state index contributed by atoms with van der Waals surface area (Å²) in [5.41, 5.74) is 0.137. The molecule has 1 N–H and O–H groups in total. The van der Waals surface area contributed by atoms with Crippen LogP contribution < -0.4 is 5.32 Å². The lowest BCUT2D eigenvalue weighted by atomic mass is 9.78. The van der Waals surface area contributed by atoms with Crippen molar-refractivity contribution in [1.82, 2.24) is 5.32 Å². The van der Waals surface area contributed by atoms with E-state index in [-0.39, 0.29) is 11.5 Å². The van der Waals surface area contributed by atoms with E-state index < -0.39 is 0 Å². The SMILES string of the molecule is CC1(C(OCC2CCCCC2)C2NCCS2)C=CC=CC1. The molecule has 0 aromatic carbocycles. The first-order chi connectivity index (χ1) is 10.3. The highest BCUT2D eigenvalue weighted by Crippen LogP contribution is 2.39. The van der Waals surface area contributed by atoms with Gasteiger partial charge < -0.3 is 10.1 Å². The Morgan fingerprint density at radius 1 is 1.29 bits per heavy atom. The molecule has 1 saturated heterocycles. The minimum absolute atomic E-state index is 0.137. The minimum Gasteiger partial charge on any atom is -0.375 e. The maximum Gasteiger partial charge on any atom is 0.0912 e. The highest BCUT2D eigenvalue weighted by Gasteiger charge is 2.40. The Hall–Kier alpha value is -0.250. The molecule has 0 aromatic rings. The Bertz CT molecular complexity index is 383. The fraction of sp³-hybridized carbons (Fsp3) is 0.778. The van der Waals surface area contributed by atoms with Crippen molar-refractivity contribution in [2.45, 2.75) is 56.9 Å². The predicted octanol–water partition coefficient (Wildman–Crippen LogP) is 4.14. The lowest BCUT2D eigenvalue weighted by Crippen LogP contribution is -2.46. The Kier molecular flexibility index (Phi) is 5.47. The third-order valence-corrected chi connectivity index (χ3v) is 6.40. The molecule has 0 amide bonds. The second-order valence-corrected chi connectivity index (χ2v) is 8.25. The number of thioether (sulfide) groups is 1.